The zero-order chi connectivity index (χ0) is 19.4. The van der Waals surface area contributed by atoms with E-state index in [4.69, 9.17) is 4.74 Å². The number of aliphatic hydroxyl groups is 1. The molecule has 0 aliphatic carbocycles. The van der Waals surface area contributed by atoms with Gasteiger partial charge in [0.05, 0.1) is 6.61 Å². The van der Waals surface area contributed by atoms with Gasteiger partial charge in [-0.25, -0.2) is 4.79 Å². The second kappa shape index (κ2) is 8.61. The highest BCUT2D eigenvalue weighted by molar-refractivity contribution is 5.92. The van der Waals surface area contributed by atoms with Crippen LogP contribution in [-0.2, 0) is 18.8 Å². The molecule has 1 N–H and O–H groups in total. The first-order valence-electron chi connectivity index (χ1n) is 8.64. The van der Waals surface area contributed by atoms with Gasteiger partial charge in [-0.2, -0.15) is 0 Å². The van der Waals surface area contributed by atoms with Crippen LogP contribution < -0.4 is 11.2 Å². The molecule has 1 saturated heterocycles. The molecule has 0 spiro atoms. The first-order valence-corrected chi connectivity index (χ1v) is 8.64. The smallest absolute Gasteiger partial charge is 0.331 e. The van der Waals surface area contributed by atoms with Gasteiger partial charge in [0.2, 0.25) is 0 Å². The Morgan fingerprint density at radius 3 is 2.54 bits per heavy atom. The minimum atomic E-state index is -0.533. The fourth-order valence-corrected chi connectivity index (χ4v) is 3.36. The highest BCUT2D eigenvalue weighted by atomic mass is 16.5. The molecule has 0 radical (unpaired) electrons. The van der Waals surface area contributed by atoms with Crippen molar-refractivity contribution in [2.75, 3.05) is 53.6 Å². The molecule has 2 atom stereocenters. The topological polar surface area (TPSA) is 97.0 Å². The third-order valence-electron chi connectivity index (χ3n) is 5.07. The third kappa shape index (κ3) is 4.22. The SMILES string of the molecule is COCCN(C)C[C@@H]1CN(C(=O)c2cc(=O)n(C)c(=O)n2C)C[C@@H]1CO. The Bertz CT molecular complexity index is 757. The van der Waals surface area contributed by atoms with Crippen molar-refractivity contribution >= 4 is 5.91 Å². The van der Waals surface area contributed by atoms with Crippen LogP contribution in [0.3, 0.4) is 0 Å². The molecule has 1 fully saturated rings. The van der Waals surface area contributed by atoms with Crippen LogP contribution in [0.4, 0.5) is 0 Å². The van der Waals surface area contributed by atoms with Crippen molar-refractivity contribution in [1.82, 2.24) is 18.9 Å². The van der Waals surface area contributed by atoms with Gasteiger partial charge in [0.1, 0.15) is 5.69 Å². The molecule has 1 amide bonds. The molecule has 9 nitrogen and oxygen atoms in total. The van der Waals surface area contributed by atoms with Gasteiger partial charge in [0, 0.05) is 66.0 Å². The van der Waals surface area contributed by atoms with Crippen LogP contribution in [0.15, 0.2) is 15.7 Å². The van der Waals surface area contributed by atoms with Gasteiger partial charge in [-0.1, -0.05) is 0 Å². The molecule has 26 heavy (non-hydrogen) atoms. The van der Waals surface area contributed by atoms with Crippen molar-refractivity contribution in [2.45, 2.75) is 0 Å². The van der Waals surface area contributed by atoms with Gasteiger partial charge in [-0.15, -0.1) is 0 Å². The van der Waals surface area contributed by atoms with Gasteiger partial charge in [0.25, 0.3) is 11.5 Å². The molecule has 146 valence electrons. The minimum Gasteiger partial charge on any atom is -0.396 e. The first kappa shape index (κ1) is 20.3. The van der Waals surface area contributed by atoms with E-state index >= 15 is 0 Å². The lowest BCUT2D eigenvalue weighted by Crippen LogP contribution is -2.42. The van der Waals surface area contributed by atoms with Crippen LogP contribution in [0, 0.1) is 11.8 Å². The summed E-state index contributed by atoms with van der Waals surface area (Å²) in [6, 6.07) is 1.19. The normalized spacial score (nSPS) is 20.2. The second-order valence-corrected chi connectivity index (χ2v) is 6.94. The summed E-state index contributed by atoms with van der Waals surface area (Å²) in [4.78, 5) is 40.5. The van der Waals surface area contributed by atoms with E-state index in [1.54, 1.807) is 12.0 Å². The zero-order valence-corrected chi connectivity index (χ0v) is 15.8. The Kier molecular flexibility index (Phi) is 6.74. The van der Waals surface area contributed by atoms with E-state index in [1.807, 2.05) is 7.05 Å². The predicted molar refractivity (Wildman–Crippen MR) is 96.3 cm³/mol. The van der Waals surface area contributed by atoms with E-state index in [1.165, 1.54) is 24.7 Å². The van der Waals surface area contributed by atoms with E-state index in [2.05, 4.69) is 4.90 Å². The molecule has 0 bridgehead atoms. The average molecular weight is 368 g/mol. The molecule has 0 unspecified atom stereocenters. The van der Waals surface area contributed by atoms with Crippen LogP contribution >= 0.6 is 0 Å². The molecule has 9 heteroatoms. The summed E-state index contributed by atoms with van der Waals surface area (Å²) in [6.07, 6.45) is 0. The molecule has 2 rings (SSSR count). The lowest BCUT2D eigenvalue weighted by atomic mass is 9.96. The molecule has 0 aromatic carbocycles. The molecule has 0 saturated carbocycles. The lowest BCUT2D eigenvalue weighted by Gasteiger charge is -2.23. The van der Waals surface area contributed by atoms with Gasteiger partial charge in [-0.3, -0.25) is 18.7 Å². The highest BCUT2D eigenvalue weighted by Crippen LogP contribution is 2.25. The monoisotopic (exact) mass is 368 g/mol. The molecular weight excluding hydrogens is 340 g/mol. The van der Waals surface area contributed by atoms with E-state index in [9.17, 15) is 19.5 Å². The number of carbonyl (C=O) groups excluding carboxylic acids is 1. The number of likely N-dealkylation sites (N-methyl/N-ethyl adjacent to an activating group) is 1. The van der Waals surface area contributed by atoms with Gasteiger partial charge < -0.3 is 19.6 Å². The van der Waals surface area contributed by atoms with Crippen molar-refractivity contribution in [2.24, 2.45) is 25.9 Å². The Morgan fingerprint density at radius 1 is 1.27 bits per heavy atom. The lowest BCUT2D eigenvalue weighted by molar-refractivity contribution is 0.0766. The molecule has 1 aliphatic heterocycles. The number of hydrogen-bond donors (Lipinski definition) is 1. The number of carbonyl (C=O) groups is 1. The molecule has 2 heterocycles. The number of likely N-dealkylation sites (tertiary alicyclic amines) is 1. The number of amides is 1. The first-order chi connectivity index (χ1) is 12.3. The van der Waals surface area contributed by atoms with Crippen LogP contribution in [0.2, 0.25) is 0 Å². The fourth-order valence-electron chi connectivity index (χ4n) is 3.36. The number of nitrogens with zero attached hydrogens (tertiary/aromatic N) is 4. The van der Waals surface area contributed by atoms with Crippen LogP contribution in [-0.4, -0.2) is 83.5 Å². The largest absolute Gasteiger partial charge is 0.396 e. The maximum atomic E-state index is 12.9. The number of aromatic nitrogens is 2. The Labute approximate surface area is 152 Å². The molecular formula is C17H28N4O5. The van der Waals surface area contributed by atoms with Crippen molar-refractivity contribution in [3.05, 3.63) is 32.6 Å². The Morgan fingerprint density at radius 2 is 1.92 bits per heavy atom. The summed E-state index contributed by atoms with van der Waals surface area (Å²) in [5.74, 6) is -0.273. The summed E-state index contributed by atoms with van der Waals surface area (Å²) in [5, 5.41) is 9.69. The summed E-state index contributed by atoms with van der Waals surface area (Å²) >= 11 is 0. The summed E-state index contributed by atoms with van der Waals surface area (Å²) in [6.45, 7) is 2.98. The van der Waals surface area contributed by atoms with Gasteiger partial charge in [-0.05, 0) is 13.0 Å². The zero-order valence-electron chi connectivity index (χ0n) is 15.8. The Hall–Kier alpha value is -1.97. The quantitative estimate of drug-likeness (QED) is 0.619. The van der Waals surface area contributed by atoms with Crippen LogP contribution in [0.5, 0.6) is 0 Å². The predicted octanol–water partition coefficient (Wildman–Crippen LogP) is -1.66. The number of methoxy groups -OCH3 is 1. The summed E-state index contributed by atoms with van der Waals surface area (Å²) in [5.41, 5.74) is -0.969. The van der Waals surface area contributed by atoms with E-state index in [-0.39, 0.29) is 30.0 Å². The van der Waals surface area contributed by atoms with Crippen molar-refractivity contribution in [1.29, 1.82) is 0 Å². The molecule has 1 aromatic rings. The maximum absolute atomic E-state index is 12.9. The molecule has 1 aliphatic rings. The van der Waals surface area contributed by atoms with Crippen LogP contribution in [0.1, 0.15) is 10.5 Å². The summed E-state index contributed by atoms with van der Waals surface area (Å²) < 4.78 is 7.23. The number of aliphatic hydroxyl groups excluding tert-OH is 1. The third-order valence-corrected chi connectivity index (χ3v) is 5.07. The van der Waals surface area contributed by atoms with Gasteiger partial charge in [0.15, 0.2) is 0 Å². The Balaban J connectivity index is 2.16. The average Bonchev–Trinajstić information content (AvgIpc) is 3.03. The van der Waals surface area contributed by atoms with Crippen LogP contribution in [0.25, 0.3) is 0 Å². The molecule has 1 aromatic heterocycles. The fraction of sp³-hybridized carbons (Fsp3) is 0.706. The summed E-state index contributed by atoms with van der Waals surface area (Å²) in [7, 11) is 6.48. The van der Waals surface area contributed by atoms with Gasteiger partial charge >= 0.3 is 5.69 Å². The van der Waals surface area contributed by atoms with E-state index in [0.717, 1.165) is 17.7 Å². The highest BCUT2D eigenvalue weighted by Gasteiger charge is 2.36. The minimum absolute atomic E-state index is 0.0119. The van der Waals surface area contributed by atoms with Crippen molar-refractivity contribution in [3.8, 4) is 0 Å². The van der Waals surface area contributed by atoms with E-state index < -0.39 is 11.2 Å². The number of hydrogen-bond acceptors (Lipinski definition) is 6. The van der Waals surface area contributed by atoms with E-state index in [0.29, 0.717) is 19.7 Å². The number of ether oxygens (including phenoxy) is 1. The van der Waals surface area contributed by atoms with Crippen molar-refractivity contribution in [3.63, 3.8) is 0 Å². The maximum Gasteiger partial charge on any atom is 0.331 e. The van der Waals surface area contributed by atoms with Crippen molar-refractivity contribution < 1.29 is 14.6 Å². The standard InChI is InChI=1S/C17H28N4O5/c1-18(5-6-26-4)8-12-9-21(10-13(12)11-22)16(24)14-7-15(23)20(3)17(25)19(14)2/h7,12-13,22H,5-6,8-11H2,1-4H3/t12-,13-/m1/s1. The number of rotatable bonds is 7. The second-order valence-electron chi connectivity index (χ2n) is 6.94.